The molecule has 1 atom stereocenters. The Labute approximate surface area is 164 Å². The zero-order chi connectivity index (χ0) is 19.6. The number of benzene rings is 3. The van der Waals surface area contributed by atoms with Crippen molar-refractivity contribution in [1.82, 2.24) is 5.43 Å². The van der Waals surface area contributed by atoms with Gasteiger partial charge in [0.2, 0.25) is 0 Å². The first-order valence-electron chi connectivity index (χ1n) is 9.02. The monoisotopic (exact) mass is 374 g/mol. The van der Waals surface area contributed by atoms with Crippen LogP contribution in [0.4, 0.5) is 0 Å². The van der Waals surface area contributed by atoms with E-state index in [0.717, 1.165) is 16.9 Å². The zero-order valence-electron chi connectivity index (χ0n) is 15.6. The lowest BCUT2D eigenvalue weighted by molar-refractivity contribution is -0.127. The van der Waals surface area contributed by atoms with Gasteiger partial charge >= 0.3 is 0 Å². The second kappa shape index (κ2) is 9.92. The largest absolute Gasteiger partial charge is 0.489 e. The minimum absolute atomic E-state index is 0.323. The number of nitrogens with one attached hydrogen (secondary N) is 1. The molecule has 0 spiro atoms. The van der Waals surface area contributed by atoms with E-state index >= 15 is 0 Å². The SMILES string of the molecule is C[C@@H](Oc1ccc(OCc2ccccc2)cc1)C(=O)NN=Cc1ccccc1. The Morgan fingerprint density at radius 1 is 0.929 bits per heavy atom. The third kappa shape index (κ3) is 5.99. The van der Waals surface area contributed by atoms with Crippen LogP contribution in [0.2, 0.25) is 0 Å². The van der Waals surface area contributed by atoms with Crippen LogP contribution in [0.15, 0.2) is 90.0 Å². The van der Waals surface area contributed by atoms with E-state index in [0.29, 0.717) is 12.4 Å². The van der Waals surface area contributed by atoms with Crippen LogP contribution >= 0.6 is 0 Å². The molecule has 0 saturated carbocycles. The maximum absolute atomic E-state index is 12.1. The number of ether oxygens (including phenoxy) is 2. The smallest absolute Gasteiger partial charge is 0.280 e. The van der Waals surface area contributed by atoms with Crippen LogP contribution in [0, 0.1) is 0 Å². The molecule has 3 rings (SSSR count). The molecule has 1 amide bonds. The van der Waals surface area contributed by atoms with Crippen molar-refractivity contribution >= 4 is 12.1 Å². The van der Waals surface area contributed by atoms with E-state index in [1.807, 2.05) is 72.8 Å². The van der Waals surface area contributed by atoms with Crippen LogP contribution in [0.3, 0.4) is 0 Å². The van der Waals surface area contributed by atoms with Gasteiger partial charge in [-0.25, -0.2) is 5.43 Å². The molecule has 0 heterocycles. The number of carbonyl (C=O) groups is 1. The first kappa shape index (κ1) is 19.2. The minimum atomic E-state index is -0.677. The van der Waals surface area contributed by atoms with Gasteiger partial charge in [-0.2, -0.15) is 5.10 Å². The molecule has 3 aromatic carbocycles. The number of hydrogen-bond donors (Lipinski definition) is 1. The molecule has 3 aromatic rings. The predicted octanol–water partition coefficient (Wildman–Crippen LogP) is 4.18. The van der Waals surface area contributed by atoms with Gasteiger partial charge in [-0.05, 0) is 42.3 Å². The van der Waals surface area contributed by atoms with E-state index in [-0.39, 0.29) is 5.91 Å². The van der Waals surface area contributed by atoms with E-state index < -0.39 is 6.10 Å². The first-order chi connectivity index (χ1) is 13.7. The van der Waals surface area contributed by atoms with E-state index in [9.17, 15) is 4.79 Å². The summed E-state index contributed by atoms with van der Waals surface area (Å²) in [4.78, 5) is 12.1. The molecule has 5 heteroatoms. The fourth-order valence-corrected chi connectivity index (χ4v) is 2.41. The maximum Gasteiger partial charge on any atom is 0.280 e. The molecule has 28 heavy (non-hydrogen) atoms. The van der Waals surface area contributed by atoms with Gasteiger partial charge in [0.15, 0.2) is 6.10 Å². The second-order valence-electron chi connectivity index (χ2n) is 6.15. The average Bonchev–Trinajstić information content (AvgIpc) is 2.74. The Hall–Kier alpha value is -3.60. The van der Waals surface area contributed by atoms with Crippen molar-refractivity contribution in [2.75, 3.05) is 0 Å². The average molecular weight is 374 g/mol. The van der Waals surface area contributed by atoms with E-state index in [1.165, 1.54) is 0 Å². The van der Waals surface area contributed by atoms with Crippen molar-refractivity contribution in [3.8, 4) is 11.5 Å². The summed E-state index contributed by atoms with van der Waals surface area (Å²) in [5.41, 5.74) is 4.49. The lowest BCUT2D eigenvalue weighted by atomic mass is 10.2. The topological polar surface area (TPSA) is 59.9 Å². The Balaban J connectivity index is 1.46. The molecule has 0 radical (unpaired) electrons. The molecule has 0 aliphatic heterocycles. The molecule has 142 valence electrons. The van der Waals surface area contributed by atoms with Gasteiger partial charge in [-0.15, -0.1) is 0 Å². The van der Waals surface area contributed by atoms with Crippen LogP contribution in [0.5, 0.6) is 11.5 Å². The van der Waals surface area contributed by atoms with Crippen LogP contribution in [-0.4, -0.2) is 18.2 Å². The van der Waals surface area contributed by atoms with Crippen LogP contribution in [-0.2, 0) is 11.4 Å². The van der Waals surface area contributed by atoms with Crippen molar-refractivity contribution in [3.05, 3.63) is 96.1 Å². The molecule has 0 bridgehead atoms. The number of nitrogens with zero attached hydrogens (tertiary/aromatic N) is 1. The number of hydrogen-bond acceptors (Lipinski definition) is 4. The fourth-order valence-electron chi connectivity index (χ4n) is 2.41. The summed E-state index contributed by atoms with van der Waals surface area (Å²) < 4.78 is 11.4. The molecular formula is C23H22N2O3. The highest BCUT2D eigenvalue weighted by molar-refractivity contribution is 5.84. The summed E-state index contributed by atoms with van der Waals surface area (Å²) in [6.07, 6.45) is 0.910. The van der Waals surface area contributed by atoms with E-state index in [2.05, 4.69) is 10.5 Å². The maximum atomic E-state index is 12.1. The lowest BCUT2D eigenvalue weighted by Crippen LogP contribution is -2.33. The molecule has 0 saturated heterocycles. The van der Waals surface area contributed by atoms with Crippen molar-refractivity contribution < 1.29 is 14.3 Å². The van der Waals surface area contributed by atoms with E-state index in [1.54, 1.807) is 25.3 Å². The quantitative estimate of drug-likeness (QED) is 0.475. The van der Waals surface area contributed by atoms with Gasteiger partial charge in [0.25, 0.3) is 5.91 Å². The lowest BCUT2D eigenvalue weighted by Gasteiger charge is -2.13. The van der Waals surface area contributed by atoms with Gasteiger partial charge in [-0.3, -0.25) is 4.79 Å². The molecule has 0 fully saturated rings. The highest BCUT2D eigenvalue weighted by Gasteiger charge is 2.13. The molecule has 0 aliphatic carbocycles. The molecular weight excluding hydrogens is 352 g/mol. The summed E-state index contributed by atoms with van der Waals surface area (Å²) in [6, 6.07) is 26.7. The standard InChI is InChI=1S/C23H22N2O3/c1-18(23(26)25-24-16-19-8-4-2-5-9-19)28-22-14-12-21(13-15-22)27-17-20-10-6-3-7-11-20/h2-16,18H,17H2,1H3,(H,25,26)/t18-/m1/s1. The van der Waals surface area contributed by atoms with Gasteiger partial charge in [0.1, 0.15) is 18.1 Å². The number of carbonyl (C=O) groups excluding carboxylic acids is 1. The van der Waals surface area contributed by atoms with Gasteiger partial charge < -0.3 is 9.47 Å². The molecule has 0 unspecified atom stereocenters. The molecule has 0 aromatic heterocycles. The normalized spacial score (nSPS) is 11.8. The Kier molecular flexibility index (Phi) is 6.79. The van der Waals surface area contributed by atoms with Gasteiger partial charge in [0.05, 0.1) is 6.21 Å². The van der Waals surface area contributed by atoms with Crippen molar-refractivity contribution in [2.24, 2.45) is 5.10 Å². The third-order valence-electron chi connectivity index (χ3n) is 3.94. The van der Waals surface area contributed by atoms with Gasteiger partial charge in [0, 0.05) is 0 Å². The molecule has 5 nitrogen and oxygen atoms in total. The predicted molar refractivity (Wildman–Crippen MR) is 109 cm³/mol. The third-order valence-corrected chi connectivity index (χ3v) is 3.94. The highest BCUT2D eigenvalue weighted by atomic mass is 16.5. The summed E-state index contributed by atoms with van der Waals surface area (Å²) in [5.74, 6) is 0.999. The second-order valence-corrected chi connectivity index (χ2v) is 6.15. The Morgan fingerprint density at radius 3 is 2.21 bits per heavy atom. The number of amides is 1. The molecule has 0 aliphatic rings. The van der Waals surface area contributed by atoms with Crippen LogP contribution < -0.4 is 14.9 Å². The minimum Gasteiger partial charge on any atom is -0.489 e. The Morgan fingerprint density at radius 2 is 1.54 bits per heavy atom. The number of hydrazone groups is 1. The first-order valence-corrected chi connectivity index (χ1v) is 9.02. The molecule has 1 N–H and O–H groups in total. The van der Waals surface area contributed by atoms with Crippen LogP contribution in [0.1, 0.15) is 18.1 Å². The summed E-state index contributed by atoms with van der Waals surface area (Å²) in [6.45, 7) is 2.17. The van der Waals surface area contributed by atoms with E-state index in [4.69, 9.17) is 9.47 Å². The highest BCUT2D eigenvalue weighted by Crippen LogP contribution is 2.19. The summed E-state index contributed by atoms with van der Waals surface area (Å²) in [7, 11) is 0. The summed E-state index contributed by atoms with van der Waals surface area (Å²) in [5, 5.41) is 3.95. The summed E-state index contributed by atoms with van der Waals surface area (Å²) >= 11 is 0. The fraction of sp³-hybridized carbons (Fsp3) is 0.130. The van der Waals surface area contributed by atoms with Crippen molar-refractivity contribution in [3.63, 3.8) is 0 Å². The zero-order valence-corrected chi connectivity index (χ0v) is 15.6. The van der Waals surface area contributed by atoms with Gasteiger partial charge in [-0.1, -0.05) is 60.7 Å². The number of rotatable bonds is 8. The van der Waals surface area contributed by atoms with Crippen molar-refractivity contribution in [1.29, 1.82) is 0 Å². The van der Waals surface area contributed by atoms with Crippen LogP contribution in [0.25, 0.3) is 0 Å². The van der Waals surface area contributed by atoms with Crippen molar-refractivity contribution in [2.45, 2.75) is 19.6 Å². The Bertz CT molecular complexity index is 894.